The molecule has 0 N–H and O–H groups in total. The number of para-hydroxylation sites is 1. The first-order valence-corrected chi connectivity index (χ1v) is 11.7. The van der Waals surface area contributed by atoms with Gasteiger partial charge in [0.15, 0.2) is 10.1 Å². The number of benzene rings is 2. The van der Waals surface area contributed by atoms with Crippen LogP contribution in [0.1, 0.15) is 5.69 Å². The second-order valence-corrected chi connectivity index (χ2v) is 9.21. The van der Waals surface area contributed by atoms with Gasteiger partial charge in [-0.2, -0.15) is 0 Å². The molecule has 6 nitrogen and oxygen atoms in total. The van der Waals surface area contributed by atoms with Gasteiger partial charge in [-0.1, -0.05) is 47.1 Å². The first-order valence-electron chi connectivity index (χ1n) is 9.07. The molecule has 154 valence electrons. The van der Waals surface area contributed by atoms with Crippen LogP contribution in [0.2, 0.25) is 10.0 Å². The molecule has 3 heterocycles. The normalized spacial score (nSPS) is 11.4. The van der Waals surface area contributed by atoms with Crippen molar-refractivity contribution < 1.29 is 0 Å². The average molecular weight is 487 g/mol. The molecule has 0 unspecified atom stereocenters. The minimum atomic E-state index is -0.215. The van der Waals surface area contributed by atoms with E-state index in [9.17, 15) is 9.59 Å². The molecular weight excluding hydrogens is 475 g/mol. The third-order valence-electron chi connectivity index (χ3n) is 4.61. The maximum Gasteiger partial charge on any atom is 0.266 e. The lowest BCUT2D eigenvalue weighted by Gasteiger charge is -2.13. The average Bonchev–Trinajstić information content (AvgIpc) is 3.24. The van der Waals surface area contributed by atoms with E-state index in [0.717, 1.165) is 0 Å². The minimum absolute atomic E-state index is 0.143. The molecule has 2 aromatic carbocycles. The fourth-order valence-electron chi connectivity index (χ4n) is 3.16. The summed E-state index contributed by atoms with van der Waals surface area (Å²) in [6.07, 6.45) is 1.69. The van der Waals surface area contributed by atoms with E-state index in [1.54, 1.807) is 42.6 Å². The summed E-state index contributed by atoms with van der Waals surface area (Å²) in [5.41, 5.74) is 1.40. The highest BCUT2D eigenvalue weighted by molar-refractivity contribution is 7.98. The molecule has 0 fully saturated rings. The van der Waals surface area contributed by atoms with Crippen LogP contribution in [0.4, 0.5) is 0 Å². The molecular formula is C21H12Cl2N4O2S2. The molecule has 0 radical (unpaired) electrons. The molecule has 0 amide bonds. The first kappa shape index (κ1) is 20.3. The van der Waals surface area contributed by atoms with Gasteiger partial charge in [-0.15, -0.1) is 11.3 Å². The Morgan fingerprint density at radius 3 is 2.68 bits per heavy atom. The van der Waals surface area contributed by atoms with Gasteiger partial charge < -0.3 is 0 Å². The number of rotatable bonds is 4. The SMILES string of the molecule is O=c1c2ccccc2nc(SCc2cc(=O)n3ccsc3n2)n1-c1ccc(Cl)c(Cl)c1. The number of thioether (sulfide) groups is 1. The molecule has 0 spiro atoms. The highest BCUT2D eigenvalue weighted by atomic mass is 35.5. The molecule has 5 aromatic rings. The lowest BCUT2D eigenvalue weighted by atomic mass is 10.2. The van der Waals surface area contributed by atoms with Gasteiger partial charge in [0.05, 0.1) is 32.3 Å². The maximum atomic E-state index is 13.3. The standard InChI is InChI=1S/C21H12Cl2N4O2S2/c22-15-6-5-13(10-16(15)23)27-19(29)14-3-1-2-4-17(14)25-21(27)31-11-12-9-18(28)26-7-8-30-20(26)24-12/h1-10H,11H2. The van der Waals surface area contributed by atoms with Crippen molar-refractivity contribution >= 4 is 62.2 Å². The topological polar surface area (TPSA) is 69.3 Å². The zero-order chi connectivity index (χ0) is 21.5. The molecule has 0 saturated carbocycles. The minimum Gasteiger partial charge on any atom is -0.269 e. The van der Waals surface area contributed by atoms with E-state index in [-0.39, 0.29) is 11.1 Å². The van der Waals surface area contributed by atoms with Gasteiger partial charge in [0.1, 0.15) is 0 Å². The van der Waals surface area contributed by atoms with E-state index in [1.165, 1.54) is 38.1 Å². The monoisotopic (exact) mass is 486 g/mol. The Labute approximate surface area is 193 Å². The van der Waals surface area contributed by atoms with Gasteiger partial charge >= 0.3 is 0 Å². The van der Waals surface area contributed by atoms with Crippen molar-refractivity contribution in [3.8, 4) is 5.69 Å². The summed E-state index contributed by atoms with van der Waals surface area (Å²) < 4.78 is 3.00. The van der Waals surface area contributed by atoms with E-state index in [2.05, 4.69) is 4.98 Å². The third kappa shape index (κ3) is 3.76. The molecule has 0 bridgehead atoms. The number of hydrogen-bond acceptors (Lipinski definition) is 6. The van der Waals surface area contributed by atoms with Crippen LogP contribution in [-0.2, 0) is 5.75 Å². The van der Waals surface area contributed by atoms with Crippen molar-refractivity contribution in [3.05, 3.63) is 96.6 Å². The second kappa shape index (κ2) is 8.12. The number of thiazole rings is 1. The Morgan fingerprint density at radius 1 is 1.00 bits per heavy atom. The van der Waals surface area contributed by atoms with Crippen molar-refractivity contribution in [3.63, 3.8) is 0 Å². The molecule has 0 aliphatic rings. The first-order chi connectivity index (χ1) is 15.0. The molecule has 3 aromatic heterocycles. The summed E-state index contributed by atoms with van der Waals surface area (Å²) in [5.74, 6) is 0.371. The molecule has 0 atom stereocenters. The summed E-state index contributed by atoms with van der Waals surface area (Å²) in [6.45, 7) is 0. The number of halogens is 2. The number of aromatic nitrogens is 4. The molecule has 0 saturated heterocycles. The third-order valence-corrected chi connectivity index (χ3v) is 7.08. The van der Waals surface area contributed by atoms with Crippen molar-refractivity contribution in [1.82, 2.24) is 18.9 Å². The zero-order valence-electron chi connectivity index (χ0n) is 15.7. The van der Waals surface area contributed by atoms with Crippen molar-refractivity contribution in [1.29, 1.82) is 0 Å². The summed E-state index contributed by atoms with van der Waals surface area (Å²) in [7, 11) is 0. The summed E-state index contributed by atoms with van der Waals surface area (Å²) >= 11 is 15.0. The second-order valence-electron chi connectivity index (χ2n) is 6.58. The summed E-state index contributed by atoms with van der Waals surface area (Å²) in [6, 6.07) is 13.7. The Morgan fingerprint density at radius 2 is 1.84 bits per heavy atom. The van der Waals surface area contributed by atoms with E-state index in [4.69, 9.17) is 28.2 Å². The molecule has 10 heteroatoms. The van der Waals surface area contributed by atoms with Crippen molar-refractivity contribution in [2.75, 3.05) is 0 Å². The molecule has 0 aliphatic heterocycles. The highest BCUT2D eigenvalue weighted by Crippen LogP contribution is 2.28. The summed E-state index contributed by atoms with van der Waals surface area (Å²) in [5, 5.41) is 3.51. The van der Waals surface area contributed by atoms with Crippen molar-refractivity contribution in [2.24, 2.45) is 0 Å². The molecule has 0 aliphatic carbocycles. The van der Waals surface area contributed by atoms with Gasteiger partial charge in [-0.05, 0) is 30.3 Å². The lowest BCUT2D eigenvalue weighted by Crippen LogP contribution is -2.22. The van der Waals surface area contributed by atoms with E-state index >= 15 is 0 Å². The van der Waals surface area contributed by atoms with Crippen LogP contribution in [0, 0.1) is 0 Å². The molecule has 5 rings (SSSR count). The van der Waals surface area contributed by atoms with Crippen LogP contribution < -0.4 is 11.1 Å². The van der Waals surface area contributed by atoms with Gasteiger partial charge in [0.25, 0.3) is 11.1 Å². The lowest BCUT2D eigenvalue weighted by molar-refractivity contribution is 0.819. The Hall–Kier alpha value is -2.65. The van der Waals surface area contributed by atoms with E-state index in [0.29, 0.717) is 48.2 Å². The van der Waals surface area contributed by atoms with Crippen LogP contribution in [-0.4, -0.2) is 18.9 Å². The van der Waals surface area contributed by atoms with E-state index in [1.807, 2.05) is 11.4 Å². The van der Waals surface area contributed by atoms with E-state index < -0.39 is 0 Å². The van der Waals surface area contributed by atoms with Gasteiger partial charge in [-0.25, -0.2) is 9.97 Å². The number of fused-ring (bicyclic) bond motifs is 2. The quantitative estimate of drug-likeness (QED) is 0.262. The predicted molar refractivity (Wildman–Crippen MR) is 126 cm³/mol. The van der Waals surface area contributed by atoms with Crippen LogP contribution in [0.5, 0.6) is 0 Å². The highest BCUT2D eigenvalue weighted by Gasteiger charge is 2.15. The Balaban J connectivity index is 1.63. The van der Waals surface area contributed by atoms with Gasteiger partial charge in [0.2, 0.25) is 0 Å². The van der Waals surface area contributed by atoms with Crippen molar-refractivity contribution in [2.45, 2.75) is 10.9 Å². The number of nitrogens with zero attached hydrogens (tertiary/aromatic N) is 4. The Kier molecular flexibility index (Phi) is 5.31. The maximum absolute atomic E-state index is 13.3. The van der Waals surface area contributed by atoms with Crippen LogP contribution in [0.15, 0.2) is 74.9 Å². The van der Waals surface area contributed by atoms with Gasteiger partial charge in [-0.3, -0.25) is 18.6 Å². The smallest absolute Gasteiger partial charge is 0.266 e. The summed E-state index contributed by atoms with van der Waals surface area (Å²) in [4.78, 5) is 35.4. The largest absolute Gasteiger partial charge is 0.269 e. The van der Waals surface area contributed by atoms with Gasteiger partial charge in [0, 0.05) is 23.4 Å². The fourth-order valence-corrected chi connectivity index (χ4v) is 5.10. The van der Waals surface area contributed by atoms with Crippen LogP contribution in [0.3, 0.4) is 0 Å². The molecule has 31 heavy (non-hydrogen) atoms. The Bertz CT molecular complexity index is 1580. The predicted octanol–water partition coefficient (Wildman–Crippen LogP) is 5.05. The zero-order valence-corrected chi connectivity index (χ0v) is 18.8. The van der Waals surface area contributed by atoms with Crippen LogP contribution >= 0.6 is 46.3 Å². The van der Waals surface area contributed by atoms with Crippen LogP contribution in [0.25, 0.3) is 21.6 Å². The fraction of sp³-hybridized carbons (Fsp3) is 0.0476. The number of hydrogen-bond donors (Lipinski definition) is 0.